The van der Waals surface area contributed by atoms with E-state index in [0.29, 0.717) is 6.54 Å². The third kappa shape index (κ3) is 3.98. The molecule has 1 aliphatic heterocycles. The quantitative estimate of drug-likeness (QED) is 0.909. The zero-order chi connectivity index (χ0) is 15.6. The Morgan fingerprint density at radius 2 is 2.27 bits per heavy atom. The van der Waals surface area contributed by atoms with Crippen LogP contribution < -0.4 is 0 Å². The molecule has 2 aromatic rings. The van der Waals surface area contributed by atoms with E-state index in [1.807, 2.05) is 18.2 Å². The average Bonchev–Trinajstić information content (AvgIpc) is 3.07. The molecule has 22 heavy (non-hydrogen) atoms. The number of sulfone groups is 1. The van der Waals surface area contributed by atoms with E-state index in [4.69, 9.17) is 4.42 Å². The van der Waals surface area contributed by atoms with Crippen LogP contribution in [0.25, 0.3) is 11.5 Å². The molecule has 1 saturated heterocycles. The summed E-state index contributed by atoms with van der Waals surface area (Å²) in [6.07, 6.45) is 5.03. The molecule has 6 nitrogen and oxygen atoms in total. The number of nitrogens with zero attached hydrogens (tertiary/aromatic N) is 2. The Labute approximate surface area is 130 Å². The normalized spacial score (nSPS) is 20.3. The molecule has 3 rings (SSSR count). The fourth-order valence-corrected chi connectivity index (χ4v) is 4.21. The molecule has 1 fully saturated rings. The van der Waals surface area contributed by atoms with Crippen LogP contribution in [0.3, 0.4) is 0 Å². The van der Waals surface area contributed by atoms with Crippen LogP contribution in [-0.2, 0) is 16.4 Å². The Hall–Kier alpha value is -1.60. The van der Waals surface area contributed by atoms with Gasteiger partial charge in [0.1, 0.15) is 21.3 Å². The van der Waals surface area contributed by atoms with Gasteiger partial charge in [-0.1, -0.05) is 0 Å². The van der Waals surface area contributed by atoms with Crippen LogP contribution >= 0.6 is 0 Å². The van der Waals surface area contributed by atoms with E-state index in [-0.39, 0.29) is 11.7 Å². The van der Waals surface area contributed by atoms with Gasteiger partial charge in [-0.3, -0.25) is 10.00 Å². The second-order valence-corrected chi connectivity index (χ2v) is 8.26. The van der Waals surface area contributed by atoms with Crippen molar-refractivity contribution in [1.82, 2.24) is 15.1 Å². The van der Waals surface area contributed by atoms with Crippen LogP contribution in [0.2, 0.25) is 0 Å². The minimum Gasteiger partial charge on any atom is -0.458 e. The number of furan rings is 1. The number of rotatable bonds is 5. The molecule has 1 N–H and O–H groups in total. The van der Waals surface area contributed by atoms with Gasteiger partial charge in [-0.25, -0.2) is 8.42 Å². The van der Waals surface area contributed by atoms with E-state index in [0.717, 1.165) is 43.1 Å². The third-order valence-corrected chi connectivity index (χ3v) is 5.03. The zero-order valence-corrected chi connectivity index (χ0v) is 13.5. The van der Waals surface area contributed by atoms with Crippen molar-refractivity contribution in [2.75, 3.05) is 25.1 Å². The van der Waals surface area contributed by atoms with E-state index in [9.17, 15) is 8.42 Å². The lowest BCUT2D eigenvalue weighted by molar-refractivity contribution is 0.167. The maximum absolute atomic E-state index is 11.5. The molecule has 120 valence electrons. The summed E-state index contributed by atoms with van der Waals surface area (Å²) in [4.78, 5) is 2.27. The SMILES string of the molecule is CS(=O)(=O)CC1CCCN(Cc2ccc(-c3ccn[nH]3)o2)C1. The predicted molar refractivity (Wildman–Crippen MR) is 84.0 cm³/mol. The topological polar surface area (TPSA) is 79.2 Å². The summed E-state index contributed by atoms with van der Waals surface area (Å²) in [6, 6.07) is 5.77. The van der Waals surface area contributed by atoms with E-state index in [1.54, 1.807) is 6.20 Å². The molecule has 2 aromatic heterocycles. The monoisotopic (exact) mass is 323 g/mol. The van der Waals surface area contributed by atoms with Crippen LogP contribution in [0.15, 0.2) is 28.8 Å². The van der Waals surface area contributed by atoms with Gasteiger partial charge in [0.2, 0.25) is 0 Å². The highest BCUT2D eigenvalue weighted by atomic mass is 32.2. The first-order valence-corrected chi connectivity index (χ1v) is 9.54. The fraction of sp³-hybridized carbons (Fsp3) is 0.533. The maximum Gasteiger partial charge on any atom is 0.152 e. The summed E-state index contributed by atoms with van der Waals surface area (Å²) in [5, 5.41) is 6.79. The summed E-state index contributed by atoms with van der Waals surface area (Å²) < 4.78 is 28.7. The number of piperidine rings is 1. The van der Waals surface area contributed by atoms with Gasteiger partial charge >= 0.3 is 0 Å². The molecule has 0 aliphatic carbocycles. The Kier molecular flexibility index (Phi) is 4.35. The molecular weight excluding hydrogens is 302 g/mol. The first-order valence-electron chi connectivity index (χ1n) is 7.48. The molecule has 1 aliphatic rings. The minimum atomic E-state index is -2.91. The molecule has 0 spiro atoms. The van der Waals surface area contributed by atoms with Crippen LogP contribution in [0.5, 0.6) is 0 Å². The van der Waals surface area contributed by atoms with Crippen molar-refractivity contribution in [3.05, 3.63) is 30.2 Å². The van der Waals surface area contributed by atoms with Gasteiger partial charge in [-0.05, 0) is 43.5 Å². The number of hydrogen-bond acceptors (Lipinski definition) is 5. The van der Waals surface area contributed by atoms with Crippen molar-refractivity contribution in [3.63, 3.8) is 0 Å². The zero-order valence-electron chi connectivity index (χ0n) is 12.7. The van der Waals surface area contributed by atoms with Crippen molar-refractivity contribution in [1.29, 1.82) is 0 Å². The van der Waals surface area contributed by atoms with Crippen LogP contribution in [0.1, 0.15) is 18.6 Å². The predicted octanol–water partition coefficient (Wildman–Crippen LogP) is 1.93. The molecule has 0 aromatic carbocycles. The number of hydrogen-bond donors (Lipinski definition) is 1. The molecule has 0 radical (unpaired) electrons. The lowest BCUT2D eigenvalue weighted by atomic mass is 10.00. The summed E-state index contributed by atoms with van der Waals surface area (Å²) >= 11 is 0. The van der Waals surface area contributed by atoms with Crippen LogP contribution in [0, 0.1) is 5.92 Å². The standard InChI is InChI=1S/C15H21N3O3S/c1-22(19,20)11-12-3-2-8-18(9-12)10-13-4-5-15(21-13)14-6-7-16-17-14/h4-7,12H,2-3,8-11H2,1H3,(H,16,17). The van der Waals surface area contributed by atoms with E-state index in [1.165, 1.54) is 6.26 Å². The molecule has 1 atom stereocenters. The molecule has 7 heteroatoms. The van der Waals surface area contributed by atoms with Crippen molar-refractivity contribution < 1.29 is 12.8 Å². The molecule has 1 unspecified atom stereocenters. The number of likely N-dealkylation sites (tertiary alicyclic amines) is 1. The Balaban J connectivity index is 1.61. The van der Waals surface area contributed by atoms with Gasteiger partial charge in [0.25, 0.3) is 0 Å². The highest BCUT2D eigenvalue weighted by Gasteiger charge is 2.23. The first-order chi connectivity index (χ1) is 10.5. The summed E-state index contributed by atoms with van der Waals surface area (Å²) in [7, 11) is -2.91. The van der Waals surface area contributed by atoms with Gasteiger partial charge in [-0.2, -0.15) is 5.10 Å². The average molecular weight is 323 g/mol. The van der Waals surface area contributed by atoms with Gasteiger partial charge in [0.05, 0.1) is 12.3 Å². The van der Waals surface area contributed by atoms with E-state index < -0.39 is 9.84 Å². The second kappa shape index (κ2) is 6.26. The smallest absolute Gasteiger partial charge is 0.152 e. The number of aromatic amines is 1. The maximum atomic E-state index is 11.5. The summed E-state index contributed by atoms with van der Waals surface area (Å²) in [5.74, 6) is 2.17. The lowest BCUT2D eigenvalue weighted by Gasteiger charge is -2.31. The highest BCUT2D eigenvalue weighted by Crippen LogP contribution is 2.23. The van der Waals surface area contributed by atoms with Gasteiger partial charge in [0, 0.05) is 19.0 Å². The summed E-state index contributed by atoms with van der Waals surface area (Å²) in [6.45, 7) is 2.52. The van der Waals surface area contributed by atoms with E-state index >= 15 is 0 Å². The lowest BCUT2D eigenvalue weighted by Crippen LogP contribution is -2.37. The Bertz CT molecular complexity index is 706. The molecule has 0 bridgehead atoms. The number of aromatic nitrogens is 2. The third-order valence-electron chi connectivity index (χ3n) is 3.95. The van der Waals surface area contributed by atoms with Crippen LogP contribution in [-0.4, -0.2) is 48.6 Å². The van der Waals surface area contributed by atoms with Crippen molar-refractivity contribution in [2.45, 2.75) is 19.4 Å². The number of H-pyrrole nitrogens is 1. The Morgan fingerprint density at radius 1 is 1.41 bits per heavy atom. The molecule has 0 saturated carbocycles. The van der Waals surface area contributed by atoms with Crippen molar-refractivity contribution >= 4 is 9.84 Å². The van der Waals surface area contributed by atoms with Gasteiger partial charge in [-0.15, -0.1) is 0 Å². The van der Waals surface area contributed by atoms with Crippen molar-refractivity contribution in [2.24, 2.45) is 5.92 Å². The van der Waals surface area contributed by atoms with E-state index in [2.05, 4.69) is 15.1 Å². The molecule has 3 heterocycles. The second-order valence-electron chi connectivity index (χ2n) is 6.07. The highest BCUT2D eigenvalue weighted by molar-refractivity contribution is 7.90. The van der Waals surface area contributed by atoms with Gasteiger partial charge < -0.3 is 4.42 Å². The van der Waals surface area contributed by atoms with Gasteiger partial charge in [0.15, 0.2) is 5.76 Å². The first kappa shape index (κ1) is 15.3. The van der Waals surface area contributed by atoms with Crippen LogP contribution in [0.4, 0.5) is 0 Å². The van der Waals surface area contributed by atoms with Crippen molar-refractivity contribution in [3.8, 4) is 11.5 Å². The Morgan fingerprint density at radius 3 is 3.00 bits per heavy atom. The fourth-order valence-electron chi connectivity index (χ4n) is 3.08. The largest absolute Gasteiger partial charge is 0.458 e. The molecule has 0 amide bonds. The molecular formula is C15H21N3O3S. The summed E-state index contributed by atoms with van der Waals surface area (Å²) in [5.41, 5.74) is 0.861. The minimum absolute atomic E-state index is 0.228. The number of nitrogens with one attached hydrogen (secondary N) is 1.